The third-order valence-corrected chi connectivity index (χ3v) is 2.75. The van der Waals surface area contributed by atoms with Crippen molar-refractivity contribution in [3.05, 3.63) is 33.9 Å². The molecule has 13 heavy (non-hydrogen) atoms. The van der Waals surface area contributed by atoms with Gasteiger partial charge in [0, 0.05) is 3.57 Å². The quantitative estimate of drug-likeness (QED) is 0.388. The summed E-state index contributed by atoms with van der Waals surface area (Å²) in [6, 6.07) is 10.2. The third kappa shape index (κ3) is 9.64. The Morgan fingerprint density at radius 1 is 1.15 bits per heavy atom. The Kier molecular flexibility index (Phi) is 6.09. The molecule has 0 aromatic heterocycles. The molecule has 0 atom stereocenters. The molecule has 0 N–H and O–H groups in total. The van der Waals surface area contributed by atoms with Gasteiger partial charge in [-0.25, -0.2) is 0 Å². The molecule has 0 aliphatic carbocycles. The molecule has 0 nitrogen and oxygen atoms in total. The van der Waals surface area contributed by atoms with Crippen LogP contribution in [-0.4, -0.2) is 8.07 Å². The van der Waals surface area contributed by atoms with Gasteiger partial charge >= 0.3 is 0 Å². The zero-order valence-corrected chi connectivity index (χ0v) is 11.5. The van der Waals surface area contributed by atoms with Gasteiger partial charge in [-0.2, -0.15) is 0 Å². The fraction of sp³-hybridized carbons (Fsp3) is 0.273. The summed E-state index contributed by atoms with van der Waals surface area (Å²) in [5.41, 5.74) is 2.74. The summed E-state index contributed by atoms with van der Waals surface area (Å²) in [5, 5.41) is 0. The van der Waals surface area contributed by atoms with Crippen molar-refractivity contribution >= 4 is 30.7 Å². The van der Waals surface area contributed by atoms with E-state index in [0.29, 0.717) is 0 Å². The predicted octanol–water partition coefficient (Wildman–Crippen LogP) is 3.79. The lowest BCUT2D eigenvalue weighted by Gasteiger charge is -2.00. The highest BCUT2D eigenvalue weighted by atomic mass is 127. The van der Waals surface area contributed by atoms with Gasteiger partial charge in [-0.3, -0.25) is 0 Å². The van der Waals surface area contributed by atoms with Crippen molar-refractivity contribution in [1.82, 2.24) is 0 Å². The molecular formula is C11H15ISi. The van der Waals surface area contributed by atoms with E-state index in [1.165, 1.54) is 3.57 Å². The Labute approximate surface area is 95.9 Å². The number of rotatable bonds is 0. The summed E-state index contributed by atoms with van der Waals surface area (Å²) < 4.78 is 1.29. The predicted molar refractivity (Wildman–Crippen MR) is 71.3 cm³/mol. The molecule has 1 aromatic carbocycles. The van der Waals surface area contributed by atoms with Gasteiger partial charge in [-0.1, -0.05) is 37.8 Å². The molecule has 70 valence electrons. The first-order chi connectivity index (χ1) is 5.95. The Bertz CT molecular complexity index is 266. The second-order valence-electron chi connectivity index (χ2n) is 3.69. The van der Waals surface area contributed by atoms with Crippen LogP contribution in [0.3, 0.4) is 0 Å². The summed E-state index contributed by atoms with van der Waals surface area (Å²) in [5.74, 6) is 0. The Hall–Kier alpha value is -0.273. The summed E-state index contributed by atoms with van der Waals surface area (Å²) in [4.78, 5) is 0. The first-order valence-electron chi connectivity index (χ1n) is 4.14. The maximum Gasteiger partial charge on any atom is 0.128 e. The molecule has 0 unspecified atom stereocenters. The molecule has 2 heteroatoms. The van der Waals surface area contributed by atoms with Gasteiger partial charge in [0.15, 0.2) is 0 Å². The number of terminal acetylenes is 1. The first kappa shape index (κ1) is 12.7. The Balaban J connectivity index is 0.000000226. The lowest BCUT2D eigenvalue weighted by molar-refractivity contribution is 1.65. The van der Waals surface area contributed by atoms with Crippen LogP contribution < -0.4 is 0 Å². The van der Waals surface area contributed by atoms with E-state index in [1.807, 2.05) is 18.2 Å². The van der Waals surface area contributed by atoms with E-state index in [2.05, 4.69) is 59.9 Å². The molecule has 0 bridgehead atoms. The molecule has 0 saturated heterocycles. The van der Waals surface area contributed by atoms with Crippen molar-refractivity contribution in [3.8, 4) is 12.0 Å². The summed E-state index contributed by atoms with van der Waals surface area (Å²) in [6.45, 7) is 6.44. The summed E-state index contributed by atoms with van der Waals surface area (Å²) in [6.07, 6.45) is 5.12. The molecule has 0 radical (unpaired) electrons. The van der Waals surface area contributed by atoms with Gasteiger partial charge in [-0.15, -0.1) is 12.0 Å². The van der Waals surface area contributed by atoms with Crippen molar-refractivity contribution < 1.29 is 0 Å². The molecule has 1 rings (SSSR count). The number of benzene rings is 1. The van der Waals surface area contributed by atoms with E-state index in [4.69, 9.17) is 6.42 Å². The van der Waals surface area contributed by atoms with Gasteiger partial charge in [0.1, 0.15) is 8.07 Å². The number of hydrogen-bond donors (Lipinski definition) is 0. The highest BCUT2D eigenvalue weighted by Gasteiger charge is 2.05. The van der Waals surface area contributed by atoms with Crippen LogP contribution in [0.2, 0.25) is 19.6 Å². The van der Waals surface area contributed by atoms with E-state index in [-0.39, 0.29) is 0 Å². The minimum Gasteiger partial charge on any atom is -0.135 e. The van der Waals surface area contributed by atoms with E-state index >= 15 is 0 Å². The molecule has 0 heterocycles. The largest absolute Gasteiger partial charge is 0.135 e. The molecule has 0 saturated carbocycles. The molecule has 0 amide bonds. The zero-order chi connectivity index (χ0) is 10.3. The lowest BCUT2D eigenvalue weighted by Crippen LogP contribution is -2.15. The Morgan fingerprint density at radius 2 is 1.54 bits per heavy atom. The minimum atomic E-state index is -1.10. The van der Waals surface area contributed by atoms with Crippen LogP contribution in [0.5, 0.6) is 0 Å². The van der Waals surface area contributed by atoms with Gasteiger partial charge in [0.25, 0.3) is 0 Å². The normalized spacial score (nSPS) is 9.46. The maximum atomic E-state index is 5.12. The van der Waals surface area contributed by atoms with E-state index < -0.39 is 8.07 Å². The second-order valence-corrected chi connectivity index (χ2v) is 9.72. The SMILES string of the molecule is C#C[Si](C)(C)C.Ic1ccccc1. The molecular weight excluding hydrogens is 287 g/mol. The highest BCUT2D eigenvalue weighted by molar-refractivity contribution is 14.1. The number of hydrogen-bond acceptors (Lipinski definition) is 0. The Morgan fingerprint density at radius 3 is 1.69 bits per heavy atom. The fourth-order valence-corrected chi connectivity index (χ4v) is 0.830. The summed E-state index contributed by atoms with van der Waals surface area (Å²) >= 11 is 2.28. The molecule has 1 aromatic rings. The van der Waals surface area contributed by atoms with Crippen molar-refractivity contribution in [1.29, 1.82) is 0 Å². The molecule has 0 aliphatic rings. The van der Waals surface area contributed by atoms with Crippen molar-refractivity contribution in [3.63, 3.8) is 0 Å². The van der Waals surface area contributed by atoms with Crippen molar-refractivity contribution in [2.75, 3.05) is 0 Å². The van der Waals surface area contributed by atoms with E-state index in [9.17, 15) is 0 Å². The van der Waals surface area contributed by atoms with Gasteiger partial charge in [0.2, 0.25) is 0 Å². The summed E-state index contributed by atoms with van der Waals surface area (Å²) in [7, 11) is -1.10. The standard InChI is InChI=1S/C6H5I.C5H10Si/c7-6-4-2-1-3-5-6;1-5-6(2,3)4/h1-5H;1H,2-4H3. The van der Waals surface area contributed by atoms with Crippen LogP contribution in [0.1, 0.15) is 0 Å². The first-order valence-corrected chi connectivity index (χ1v) is 8.72. The van der Waals surface area contributed by atoms with Gasteiger partial charge in [0.05, 0.1) is 0 Å². The van der Waals surface area contributed by atoms with Crippen LogP contribution in [0.25, 0.3) is 0 Å². The molecule has 0 spiro atoms. The average molecular weight is 302 g/mol. The molecule has 0 aliphatic heterocycles. The number of halogens is 1. The van der Waals surface area contributed by atoms with Gasteiger partial charge in [-0.05, 0) is 34.7 Å². The van der Waals surface area contributed by atoms with Crippen molar-refractivity contribution in [2.45, 2.75) is 19.6 Å². The maximum absolute atomic E-state index is 5.12. The van der Waals surface area contributed by atoms with Crippen LogP contribution >= 0.6 is 22.6 Å². The van der Waals surface area contributed by atoms with Gasteiger partial charge < -0.3 is 0 Å². The topological polar surface area (TPSA) is 0 Å². The highest BCUT2D eigenvalue weighted by Crippen LogP contribution is 1.99. The van der Waals surface area contributed by atoms with E-state index in [0.717, 1.165) is 0 Å². The van der Waals surface area contributed by atoms with Crippen molar-refractivity contribution in [2.24, 2.45) is 0 Å². The molecule has 0 fully saturated rings. The zero-order valence-electron chi connectivity index (χ0n) is 8.34. The minimum absolute atomic E-state index is 1.10. The van der Waals surface area contributed by atoms with Crippen LogP contribution in [-0.2, 0) is 0 Å². The monoisotopic (exact) mass is 302 g/mol. The van der Waals surface area contributed by atoms with Crippen LogP contribution in [0.15, 0.2) is 30.3 Å². The third-order valence-electron chi connectivity index (χ3n) is 1.17. The van der Waals surface area contributed by atoms with Crippen LogP contribution in [0.4, 0.5) is 0 Å². The van der Waals surface area contributed by atoms with Crippen LogP contribution in [0, 0.1) is 15.5 Å². The lowest BCUT2D eigenvalue weighted by atomic mass is 10.4. The second kappa shape index (κ2) is 6.22. The van der Waals surface area contributed by atoms with E-state index in [1.54, 1.807) is 0 Å². The average Bonchev–Trinajstić information content (AvgIpc) is 2.06. The smallest absolute Gasteiger partial charge is 0.128 e. The fourth-order valence-electron chi connectivity index (χ4n) is 0.415.